The number of nitrogens with two attached hydrogens (primary N) is 1. The third-order valence-electron chi connectivity index (χ3n) is 2.69. The Labute approximate surface area is 111 Å². The van der Waals surface area contributed by atoms with Crippen molar-refractivity contribution < 1.29 is 8.42 Å². The number of nitrogens with one attached hydrogen (secondary N) is 1. The van der Waals surface area contributed by atoms with E-state index in [0.717, 1.165) is 0 Å². The monoisotopic (exact) mass is 278 g/mol. The van der Waals surface area contributed by atoms with Crippen molar-refractivity contribution in [2.45, 2.75) is 11.8 Å². The van der Waals surface area contributed by atoms with Gasteiger partial charge in [-0.1, -0.05) is 12.1 Å². The highest BCUT2D eigenvalue weighted by molar-refractivity contribution is 7.89. The lowest BCUT2D eigenvalue weighted by molar-refractivity contribution is 0.588. The molecule has 0 spiro atoms. The highest BCUT2D eigenvalue weighted by atomic mass is 32.2. The number of anilines is 1. The van der Waals surface area contributed by atoms with E-state index < -0.39 is 10.0 Å². The lowest BCUT2D eigenvalue weighted by Gasteiger charge is -2.06. The first-order valence-corrected chi connectivity index (χ1v) is 7.05. The molecule has 0 aliphatic heterocycles. The quantitative estimate of drug-likeness (QED) is 0.870. The van der Waals surface area contributed by atoms with Gasteiger partial charge in [0.2, 0.25) is 10.0 Å². The number of aromatic nitrogens is 2. The fourth-order valence-corrected chi connectivity index (χ4v) is 2.35. The van der Waals surface area contributed by atoms with Crippen LogP contribution in [0.25, 0.3) is 11.3 Å². The predicted octanol–water partition coefficient (Wildman–Crippen LogP) is 0.942. The fourth-order valence-electron chi connectivity index (χ4n) is 1.57. The Bertz CT molecular complexity index is 713. The van der Waals surface area contributed by atoms with Crippen molar-refractivity contribution in [3.63, 3.8) is 0 Å². The predicted molar refractivity (Wildman–Crippen MR) is 72.9 cm³/mol. The van der Waals surface area contributed by atoms with Gasteiger partial charge in [-0.25, -0.2) is 23.1 Å². The molecule has 1 heterocycles. The Morgan fingerprint density at radius 2 is 2.05 bits per heavy atom. The maximum atomic E-state index is 11.7. The summed E-state index contributed by atoms with van der Waals surface area (Å²) in [7, 11) is -2.10. The third kappa shape index (κ3) is 2.72. The number of aryl methyl sites for hydroxylation is 1. The van der Waals surface area contributed by atoms with E-state index in [0.29, 0.717) is 22.8 Å². The molecular weight excluding hydrogens is 264 g/mol. The summed E-state index contributed by atoms with van der Waals surface area (Å²) in [6, 6.07) is 6.50. The zero-order valence-corrected chi connectivity index (χ0v) is 11.4. The van der Waals surface area contributed by atoms with Gasteiger partial charge in [-0.05, 0) is 26.1 Å². The molecule has 0 radical (unpaired) electrons. The molecule has 100 valence electrons. The van der Waals surface area contributed by atoms with Crippen LogP contribution in [0.15, 0.2) is 35.4 Å². The molecule has 0 amide bonds. The van der Waals surface area contributed by atoms with E-state index in [1.54, 1.807) is 25.1 Å². The summed E-state index contributed by atoms with van der Waals surface area (Å²) in [4.78, 5) is 8.49. The number of nitrogen functional groups attached to an aromatic ring is 1. The van der Waals surface area contributed by atoms with E-state index >= 15 is 0 Å². The van der Waals surface area contributed by atoms with Crippen molar-refractivity contribution in [1.82, 2.24) is 14.7 Å². The van der Waals surface area contributed by atoms with Gasteiger partial charge in [-0.3, -0.25) is 0 Å². The second kappa shape index (κ2) is 4.94. The first-order chi connectivity index (χ1) is 8.94. The molecule has 19 heavy (non-hydrogen) atoms. The maximum Gasteiger partial charge on any atom is 0.240 e. The minimum Gasteiger partial charge on any atom is -0.382 e. The van der Waals surface area contributed by atoms with Crippen molar-refractivity contribution in [2.24, 2.45) is 0 Å². The summed E-state index contributed by atoms with van der Waals surface area (Å²) >= 11 is 0. The molecule has 0 bridgehead atoms. The van der Waals surface area contributed by atoms with Crippen LogP contribution in [0.2, 0.25) is 0 Å². The molecular formula is C12H14N4O2S. The summed E-state index contributed by atoms with van der Waals surface area (Å²) < 4.78 is 25.7. The summed E-state index contributed by atoms with van der Waals surface area (Å²) in [5.74, 6) is 0.364. The lowest BCUT2D eigenvalue weighted by atomic mass is 10.1. The molecule has 0 saturated heterocycles. The first kappa shape index (κ1) is 13.4. The van der Waals surface area contributed by atoms with Gasteiger partial charge in [-0.2, -0.15) is 0 Å². The normalized spacial score (nSPS) is 11.5. The maximum absolute atomic E-state index is 11.7. The van der Waals surface area contributed by atoms with E-state index in [-0.39, 0.29) is 4.90 Å². The molecule has 6 nitrogen and oxygen atoms in total. The van der Waals surface area contributed by atoms with Gasteiger partial charge in [0.1, 0.15) is 5.82 Å². The van der Waals surface area contributed by atoms with Crippen molar-refractivity contribution >= 4 is 15.8 Å². The van der Waals surface area contributed by atoms with Gasteiger partial charge in [0.15, 0.2) is 0 Å². The van der Waals surface area contributed by atoms with Crippen LogP contribution in [0.3, 0.4) is 0 Å². The van der Waals surface area contributed by atoms with Gasteiger partial charge in [0, 0.05) is 5.56 Å². The highest BCUT2D eigenvalue weighted by Gasteiger charge is 2.12. The molecule has 0 aliphatic carbocycles. The first-order valence-electron chi connectivity index (χ1n) is 5.57. The van der Waals surface area contributed by atoms with Gasteiger partial charge in [-0.15, -0.1) is 0 Å². The average molecular weight is 278 g/mol. The summed E-state index contributed by atoms with van der Waals surface area (Å²) in [5.41, 5.74) is 7.47. The van der Waals surface area contributed by atoms with E-state index in [1.807, 2.05) is 0 Å². The van der Waals surface area contributed by atoms with Crippen LogP contribution in [0.4, 0.5) is 5.82 Å². The standard InChI is InChI=1S/C12H14N4O2S/c1-8-12(13)15-7-11(16-8)9-4-3-5-10(6-9)19(17,18)14-2/h3-7,14H,1-2H3,(H2,13,15). The molecule has 0 unspecified atom stereocenters. The fraction of sp³-hybridized carbons (Fsp3) is 0.167. The highest BCUT2D eigenvalue weighted by Crippen LogP contribution is 2.21. The minimum absolute atomic E-state index is 0.184. The average Bonchev–Trinajstić information content (AvgIpc) is 2.42. The van der Waals surface area contributed by atoms with Crippen LogP contribution >= 0.6 is 0 Å². The molecule has 2 aromatic rings. The molecule has 1 aromatic heterocycles. The van der Waals surface area contributed by atoms with E-state index in [2.05, 4.69) is 14.7 Å². The molecule has 1 aromatic carbocycles. The molecule has 0 fully saturated rings. The molecule has 3 N–H and O–H groups in total. The number of sulfonamides is 1. The SMILES string of the molecule is CNS(=O)(=O)c1cccc(-c2cnc(N)c(C)n2)c1. The topological polar surface area (TPSA) is 98.0 Å². The third-order valence-corrected chi connectivity index (χ3v) is 4.11. The number of rotatable bonds is 3. The molecule has 7 heteroatoms. The van der Waals surface area contributed by atoms with Gasteiger partial charge < -0.3 is 5.73 Å². The second-order valence-corrected chi connectivity index (χ2v) is 5.85. The van der Waals surface area contributed by atoms with E-state index in [9.17, 15) is 8.42 Å². The van der Waals surface area contributed by atoms with Crippen molar-refractivity contribution in [3.8, 4) is 11.3 Å². The van der Waals surface area contributed by atoms with E-state index in [4.69, 9.17) is 5.73 Å². The van der Waals surface area contributed by atoms with Gasteiger partial charge in [0.25, 0.3) is 0 Å². The largest absolute Gasteiger partial charge is 0.382 e. The Balaban J connectivity index is 2.52. The second-order valence-electron chi connectivity index (χ2n) is 3.96. The molecule has 0 aliphatic rings. The number of hydrogen-bond acceptors (Lipinski definition) is 5. The smallest absolute Gasteiger partial charge is 0.240 e. The molecule has 0 saturated carbocycles. The zero-order chi connectivity index (χ0) is 14.0. The van der Waals surface area contributed by atoms with Crippen LogP contribution in [0.5, 0.6) is 0 Å². The number of hydrogen-bond donors (Lipinski definition) is 2. The Morgan fingerprint density at radius 3 is 2.68 bits per heavy atom. The van der Waals surface area contributed by atoms with E-state index in [1.165, 1.54) is 19.3 Å². The van der Waals surface area contributed by atoms with Crippen LogP contribution in [-0.4, -0.2) is 25.4 Å². The van der Waals surface area contributed by atoms with Crippen LogP contribution in [0, 0.1) is 6.92 Å². The van der Waals surface area contributed by atoms with Crippen molar-refractivity contribution in [2.75, 3.05) is 12.8 Å². The van der Waals surface area contributed by atoms with Crippen molar-refractivity contribution in [3.05, 3.63) is 36.2 Å². The number of nitrogens with zero attached hydrogens (tertiary/aromatic N) is 2. The zero-order valence-electron chi connectivity index (χ0n) is 10.6. The lowest BCUT2D eigenvalue weighted by Crippen LogP contribution is -2.18. The Morgan fingerprint density at radius 1 is 1.32 bits per heavy atom. The summed E-state index contributed by atoms with van der Waals surface area (Å²) in [6.45, 7) is 1.75. The summed E-state index contributed by atoms with van der Waals surface area (Å²) in [6.07, 6.45) is 1.52. The molecule has 0 atom stereocenters. The van der Waals surface area contributed by atoms with Crippen LogP contribution in [-0.2, 0) is 10.0 Å². The summed E-state index contributed by atoms with van der Waals surface area (Å²) in [5, 5.41) is 0. The molecule has 2 rings (SSSR count). The number of benzene rings is 1. The van der Waals surface area contributed by atoms with Crippen molar-refractivity contribution in [1.29, 1.82) is 0 Å². The minimum atomic E-state index is -3.47. The Hall–Kier alpha value is -1.99. The van der Waals surface area contributed by atoms with Gasteiger partial charge >= 0.3 is 0 Å². The Kier molecular flexibility index (Phi) is 3.50. The van der Waals surface area contributed by atoms with Gasteiger partial charge in [0.05, 0.1) is 22.5 Å². The van der Waals surface area contributed by atoms with Crippen LogP contribution in [0.1, 0.15) is 5.69 Å². The van der Waals surface area contributed by atoms with Crippen LogP contribution < -0.4 is 10.5 Å².